The fourth-order valence-electron chi connectivity index (χ4n) is 2.71. The van der Waals surface area contributed by atoms with Crippen LogP contribution in [0, 0.1) is 6.92 Å². The van der Waals surface area contributed by atoms with Crippen molar-refractivity contribution >= 4 is 17.5 Å². The van der Waals surface area contributed by atoms with Gasteiger partial charge in [-0.15, -0.1) is 0 Å². The number of aryl methyl sites for hydroxylation is 1. The van der Waals surface area contributed by atoms with Crippen LogP contribution in [0.4, 0.5) is 5.69 Å². The van der Waals surface area contributed by atoms with E-state index in [4.69, 9.17) is 4.74 Å². The van der Waals surface area contributed by atoms with Crippen molar-refractivity contribution in [1.82, 2.24) is 5.32 Å². The van der Waals surface area contributed by atoms with E-state index >= 15 is 0 Å². The highest BCUT2D eigenvalue weighted by Gasteiger charge is 2.17. The van der Waals surface area contributed by atoms with E-state index in [0.29, 0.717) is 30.8 Å². The maximum atomic E-state index is 12.9. The molecule has 5 heteroatoms. The molecule has 0 saturated heterocycles. The van der Waals surface area contributed by atoms with Crippen molar-refractivity contribution in [1.29, 1.82) is 0 Å². The molecule has 2 aromatic rings. The van der Waals surface area contributed by atoms with E-state index < -0.39 is 0 Å². The van der Waals surface area contributed by atoms with Gasteiger partial charge in [0.05, 0.1) is 0 Å². The molecule has 0 unspecified atom stereocenters. The second-order valence-electron chi connectivity index (χ2n) is 6.07. The lowest BCUT2D eigenvalue weighted by atomic mass is 10.1. The molecule has 0 aliphatic rings. The second-order valence-corrected chi connectivity index (χ2v) is 6.07. The van der Waals surface area contributed by atoms with Crippen molar-refractivity contribution in [3.05, 3.63) is 65.2 Å². The van der Waals surface area contributed by atoms with Gasteiger partial charge in [0.2, 0.25) is 0 Å². The molecule has 0 atom stereocenters. The lowest BCUT2D eigenvalue weighted by Crippen LogP contribution is -2.31. The highest BCUT2D eigenvalue weighted by Crippen LogP contribution is 2.19. The third-order valence-electron chi connectivity index (χ3n) is 4.06. The first kappa shape index (κ1) is 19.7. The molecule has 0 bridgehead atoms. The van der Waals surface area contributed by atoms with Crippen LogP contribution >= 0.6 is 0 Å². The quantitative estimate of drug-likeness (QED) is 0.739. The molecule has 0 spiro atoms. The molecule has 0 aliphatic heterocycles. The number of rotatable bonds is 8. The molecular formula is C21H26N2O3. The van der Waals surface area contributed by atoms with Gasteiger partial charge < -0.3 is 15.0 Å². The average molecular weight is 354 g/mol. The summed E-state index contributed by atoms with van der Waals surface area (Å²) in [7, 11) is 1.63. The summed E-state index contributed by atoms with van der Waals surface area (Å²) in [5.74, 6) is -0.304. The van der Waals surface area contributed by atoms with Crippen molar-refractivity contribution in [2.75, 3.05) is 31.7 Å². The first-order chi connectivity index (χ1) is 12.6. The number of nitrogens with zero attached hydrogens (tertiary/aromatic N) is 1. The summed E-state index contributed by atoms with van der Waals surface area (Å²) in [6, 6.07) is 14.7. The van der Waals surface area contributed by atoms with Gasteiger partial charge in [0.1, 0.15) is 0 Å². The lowest BCUT2D eigenvalue weighted by Gasteiger charge is -2.22. The summed E-state index contributed by atoms with van der Waals surface area (Å²) in [6.07, 6.45) is 0.748. The molecule has 2 aromatic carbocycles. The lowest BCUT2D eigenvalue weighted by molar-refractivity contribution is 0.0948. The Kier molecular flexibility index (Phi) is 7.36. The molecular weight excluding hydrogens is 328 g/mol. The number of carbonyl (C=O) groups is 2. The standard InChI is InChI=1S/C21H26N2O3/c1-4-23(19-11-5-8-16(2)14-19)21(25)18-10-6-9-17(15-18)20(24)22-12-7-13-26-3/h5-6,8-11,14-15H,4,7,12-13H2,1-3H3,(H,22,24). The molecule has 2 amide bonds. The molecule has 138 valence electrons. The molecule has 2 rings (SSSR count). The molecule has 0 aliphatic carbocycles. The number of amides is 2. The topological polar surface area (TPSA) is 58.6 Å². The summed E-state index contributed by atoms with van der Waals surface area (Å²) in [6.45, 7) is 5.62. The van der Waals surface area contributed by atoms with Gasteiger partial charge >= 0.3 is 0 Å². The minimum atomic E-state index is -0.186. The minimum Gasteiger partial charge on any atom is -0.385 e. The monoisotopic (exact) mass is 354 g/mol. The van der Waals surface area contributed by atoms with Crippen molar-refractivity contribution < 1.29 is 14.3 Å². The zero-order valence-corrected chi connectivity index (χ0v) is 15.6. The highest BCUT2D eigenvalue weighted by atomic mass is 16.5. The van der Waals surface area contributed by atoms with Crippen molar-refractivity contribution in [3.63, 3.8) is 0 Å². The molecule has 0 heterocycles. The summed E-state index contributed by atoms with van der Waals surface area (Å²) in [4.78, 5) is 26.9. The zero-order chi connectivity index (χ0) is 18.9. The van der Waals surface area contributed by atoms with Crippen LogP contribution in [-0.4, -0.2) is 38.6 Å². The smallest absolute Gasteiger partial charge is 0.258 e. The first-order valence-corrected chi connectivity index (χ1v) is 8.82. The van der Waals surface area contributed by atoms with E-state index in [9.17, 15) is 9.59 Å². The Balaban J connectivity index is 2.14. The van der Waals surface area contributed by atoms with Crippen LogP contribution in [0.25, 0.3) is 0 Å². The van der Waals surface area contributed by atoms with E-state index in [2.05, 4.69) is 5.32 Å². The van der Waals surface area contributed by atoms with E-state index in [0.717, 1.165) is 17.7 Å². The van der Waals surface area contributed by atoms with Crippen molar-refractivity contribution in [2.45, 2.75) is 20.3 Å². The molecule has 0 radical (unpaired) electrons. The fraction of sp³-hybridized carbons (Fsp3) is 0.333. The Hall–Kier alpha value is -2.66. The highest BCUT2D eigenvalue weighted by molar-refractivity contribution is 6.07. The second kappa shape index (κ2) is 9.73. The normalized spacial score (nSPS) is 10.4. The van der Waals surface area contributed by atoms with E-state index in [1.807, 2.05) is 38.1 Å². The Morgan fingerprint density at radius 2 is 1.81 bits per heavy atom. The predicted octanol–water partition coefficient (Wildman–Crippen LogP) is 3.43. The summed E-state index contributed by atoms with van der Waals surface area (Å²) in [5, 5.41) is 2.84. The van der Waals surface area contributed by atoms with E-state index in [-0.39, 0.29) is 11.8 Å². The molecule has 0 aromatic heterocycles. The maximum Gasteiger partial charge on any atom is 0.258 e. The number of hydrogen-bond donors (Lipinski definition) is 1. The van der Waals surface area contributed by atoms with Gasteiger partial charge in [-0.05, 0) is 56.2 Å². The molecule has 26 heavy (non-hydrogen) atoms. The van der Waals surface area contributed by atoms with Crippen LogP contribution in [0.3, 0.4) is 0 Å². The van der Waals surface area contributed by atoms with Crippen LogP contribution < -0.4 is 10.2 Å². The third kappa shape index (κ3) is 5.17. The number of methoxy groups -OCH3 is 1. The third-order valence-corrected chi connectivity index (χ3v) is 4.06. The van der Waals surface area contributed by atoms with Crippen LogP contribution in [0.2, 0.25) is 0 Å². The molecule has 0 saturated carbocycles. The number of nitrogens with one attached hydrogen (secondary N) is 1. The van der Waals surface area contributed by atoms with Gasteiger partial charge in [0.15, 0.2) is 0 Å². The van der Waals surface area contributed by atoms with Crippen molar-refractivity contribution in [2.24, 2.45) is 0 Å². The number of benzene rings is 2. The van der Waals surface area contributed by atoms with Gasteiger partial charge in [0, 0.05) is 43.6 Å². The SMILES string of the molecule is CCN(C(=O)c1cccc(C(=O)NCCCOC)c1)c1cccc(C)c1. The van der Waals surface area contributed by atoms with Gasteiger partial charge in [0.25, 0.3) is 11.8 Å². The van der Waals surface area contributed by atoms with E-state index in [1.54, 1.807) is 36.3 Å². The largest absolute Gasteiger partial charge is 0.385 e. The Labute approximate surface area is 155 Å². The molecule has 5 nitrogen and oxygen atoms in total. The van der Waals surface area contributed by atoms with Crippen LogP contribution in [-0.2, 0) is 4.74 Å². The van der Waals surface area contributed by atoms with Gasteiger partial charge in [-0.1, -0.05) is 18.2 Å². The van der Waals surface area contributed by atoms with Crippen LogP contribution in [0.5, 0.6) is 0 Å². The van der Waals surface area contributed by atoms with Crippen LogP contribution in [0.15, 0.2) is 48.5 Å². The van der Waals surface area contributed by atoms with E-state index in [1.165, 1.54) is 0 Å². The minimum absolute atomic E-state index is 0.118. The number of carbonyl (C=O) groups excluding carboxylic acids is 2. The van der Waals surface area contributed by atoms with Gasteiger partial charge in [-0.3, -0.25) is 9.59 Å². The van der Waals surface area contributed by atoms with Gasteiger partial charge in [-0.25, -0.2) is 0 Å². The number of ether oxygens (including phenoxy) is 1. The number of anilines is 1. The van der Waals surface area contributed by atoms with Crippen LogP contribution in [0.1, 0.15) is 39.6 Å². The summed E-state index contributed by atoms with van der Waals surface area (Å²) < 4.78 is 4.97. The first-order valence-electron chi connectivity index (χ1n) is 8.82. The zero-order valence-electron chi connectivity index (χ0n) is 15.6. The Morgan fingerprint density at radius 1 is 1.08 bits per heavy atom. The molecule has 1 N–H and O–H groups in total. The van der Waals surface area contributed by atoms with Crippen molar-refractivity contribution in [3.8, 4) is 0 Å². The number of hydrogen-bond acceptors (Lipinski definition) is 3. The summed E-state index contributed by atoms with van der Waals surface area (Å²) in [5.41, 5.74) is 2.93. The predicted molar refractivity (Wildman–Crippen MR) is 104 cm³/mol. The fourth-order valence-corrected chi connectivity index (χ4v) is 2.71. The Bertz CT molecular complexity index is 758. The summed E-state index contributed by atoms with van der Waals surface area (Å²) >= 11 is 0. The molecule has 0 fully saturated rings. The van der Waals surface area contributed by atoms with Gasteiger partial charge in [-0.2, -0.15) is 0 Å². The maximum absolute atomic E-state index is 12.9. The Morgan fingerprint density at radius 3 is 2.50 bits per heavy atom. The average Bonchev–Trinajstić information content (AvgIpc) is 2.66.